The number of imidazole rings is 1. The second-order valence-corrected chi connectivity index (χ2v) is 7.09. The maximum Gasteiger partial charge on any atom is 0.230 e. The molecule has 0 bridgehead atoms. The van der Waals surface area contributed by atoms with Crippen LogP contribution in [0, 0.1) is 5.41 Å². The van der Waals surface area contributed by atoms with Crippen LogP contribution < -0.4 is 0 Å². The molecule has 2 aromatic rings. The largest absolute Gasteiger partial charge is 0.333 e. The zero-order valence-electron chi connectivity index (χ0n) is 14.2. The predicted molar refractivity (Wildman–Crippen MR) is 92.4 cm³/mol. The number of alkyl halides is 1. The average Bonchev–Trinajstić information content (AvgIpc) is 3.22. The number of nitrogens with zero attached hydrogens (tertiary/aromatic N) is 5. The lowest BCUT2D eigenvalue weighted by atomic mass is 9.93. The number of hydrogen-bond donors (Lipinski definition) is 0. The van der Waals surface area contributed by atoms with Crippen LogP contribution in [0.5, 0.6) is 0 Å². The smallest absolute Gasteiger partial charge is 0.230 e. The Balaban J connectivity index is 2.00. The van der Waals surface area contributed by atoms with E-state index in [2.05, 4.69) is 15.0 Å². The van der Waals surface area contributed by atoms with Crippen LogP contribution in [-0.4, -0.2) is 42.8 Å². The molecule has 3 rings (SSSR count). The fourth-order valence-electron chi connectivity index (χ4n) is 3.10. The molecule has 24 heavy (non-hydrogen) atoms. The third kappa shape index (κ3) is 2.90. The molecule has 6 nitrogen and oxygen atoms in total. The number of aromatic nitrogens is 4. The molecule has 1 unspecified atom stereocenters. The van der Waals surface area contributed by atoms with E-state index in [0.717, 1.165) is 36.6 Å². The summed E-state index contributed by atoms with van der Waals surface area (Å²) in [7, 11) is 1.93. The summed E-state index contributed by atoms with van der Waals surface area (Å²) in [5.74, 6) is 1.12. The Labute approximate surface area is 146 Å². The van der Waals surface area contributed by atoms with Crippen molar-refractivity contribution in [2.75, 3.05) is 12.4 Å². The summed E-state index contributed by atoms with van der Waals surface area (Å²) >= 11 is 6.00. The van der Waals surface area contributed by atoms with E-state index < -0.39 is 5.41 Å². The highest BCUT2D eigenvalue weighted by Crippen LogP contribution is 2.37. The lowest BCUT2D eigenvalue weighted by Gasteiger charge is -2.32. The van der Waals surface area contributed by atoms with Crippen molar-refractivity contribution < 1.29 is 4.79 Å². The molecule has 1 amide bonds. The number of carbonyl (C=O) groups excluding carboxylic acids is 1. The van der Waals surface area contributed by atoms with Gasteiger partial charge in [0.25, 0.3) is 0 Å². The Bertz CT molecular complexity index is 742. The van der Waals surface area contributed by atoms with Gasteiger partial charge in [-0.2, -0.15) is 0 Å². The maximum absolute atomic E-state index is 12.9. The summed E-state index contributed by atoms with van der Waals surface area (Å²) in [6, 6.07) is -0.0830. The fraction of sp³-hybridized carbons (Fsp3) is 0.529. The predicted octanol–water partition coefficient (Wildman–Crippen LogP) is 2.81. The van der Waals surface area contributed by atoms with Crippen molar-refractivity contribution in [3.63, 3.8) is 0 Å². The molecule has 1 aliphatic rings. The molecule has 0 aliphatic carbocycles. The highest BCUT2D eigenvalue weighted by molar-refractivity contribution is 6.19. The molecule has 0 N–H and O–H groups in total. The van der Waals surface area contributed by atoms with E-state index in [9.17, 15) is 4.79 Å². The van der Waals surface area contributed by atoms with Crippen molar-refractivity contribution >= 4 is 17.5 Å². The third-order valence-corrected chi connectivity index (χ3v) is 5.17. The van der Waals surface area contributed by atoms with Crippen molar-refractivity contribution in [3.8, 4) is 11.5 Å². The summed E-state index contributed by atoms with van der Waals surface area (Å²) in [5.41, 5.74) is 0.955. The van der Waals surface area contributed by atoms with Crippen molar-refractivity contribution in [2.45, 2.75) is 32.7 Å². The van der Waals surface area contributed by atoms with E-state index >= 15 is 0 Å². The molecule has 1 aliphatic heterocycles. The summed E-state index contributed by atoms with van der Waals surface area (Å²) in [5, 5.41) is 0. The van der Waals surface area contributed by atoms with Crippen molar-refractivity contribution in [2.24, 2.45) is 12.5 Å². The van der Waals surface area contributed by atoms with Crippen molar-refractivity contribution in [3.05, 3.63) is 30.5 Å². The molecule has 3 heterocycles. The molecule has 128 valence electrons. The van der Waals surface area contributed by atoms with Crippen LogP contribution in [-0.2, 0) is 11.8 Å². The zero-order valence-corrected chi connectivity index (χ0v) is 15.0. The van der Waals surface area contributed by atoms with E-state index in [1.807, 2.05) is 36.6 Å². The summed E-state index contributed by atoms with van der Waals surface area (Å²) in [4.78, 5) is 28.3. The number of aryl methyl sites for hydroxylation is 1. The highest BCUT2D eigenvalue weighted by Gasteiger charge is 2.39. The molecule has 1 atom stereocenters. The first-order valence-corrected chi connectivity index (χ1v) is 8.65. The van der Waals surface area contributed by atoms with Gasteiger partial charge in [0, 0.05) is 44.3 Å². The van der Waals surface area contributed by atoms with Gasteiger partial charge in [0.1, 0.15) is 5.69 Å². The number of likely N-dealkylation sites (tertiary alicyclic amines) is 1. The Kier molecular flexibility index (Phi) is 4.58. The maximum atomic E-state index is 12.9. The van der Waals surface area contributed by atoms with Gasteiger partial charge in [0.15, 0.2) is 5.82 Å². The zero-order chi connectivity index (χ0) is 17.3. The van der Waals surface area contributed by atoms with Gasteiger partial charge < -0.3 is 9.47 Å². The molecule has 0 saturated carbocycles. The Morgan fingerprint density at radius 2 is 2.04 bits per heavy atom. The lowest BCUT2D eigenvalue weighted by Crippen LogP contribution is -2.41. The number of hydrogen-bond acceptors (Lipinski definition) is 4. The minimum atomic E-state index is -0.588. The van der Waals surface area contributed by atoms with Crippen LogP contribution >= 0.6 is 11.6 Å². The Morgan fingerprint density at radius 3 is 2.71 bits per heavy atom. The second kappa shape index (κ2) is 6.51. The van der Waals surface area contributed by atoms with E-state index in [1.165, 1.54) is 0 Å². The van der Waals surface area contributed by atoms with Gasteiger partial charge in [0.2, 0.25) is 5.91 Å². The topological polar surface area (TPSA) is 63.9 Å². The first-order valence-electron chi connectivity index (χ1n) is 8.11. The standard InChI is InChI=1S/C17H22ClN5O/c1-17(2,11-18)16(24)23-9-4-5-12(23)13-14(20-7-6-19-13)15-21-8-10-22(15)3/h6-8,10,12H,4-5,9,11H2,1-3H3. The quantitative estimate of drug-likeness (QED) is 0.798. The van der Waals surface area contributed by atoms with Gasteiger partial charge in [-0.05, 0) is 26.7 Å². The molecule has 0 spiro atoms. The van der Waals surface area contributed by atoms with Gasteiger partial charge >= 0.3 is 0 Å². The molecule has 0 radical (unpaired) electrons. The van der Waals surface area contributed by atoms with Crippen LogP contribution in [0.1, 0.15) is 38.4 Å². The average molecular weight is 348 g/mol. The van der Waals surface area contributed by atoms with Crippen LogP contribution in [0.25, 0.3) is 11.5 Å². The van der Waals surface area contributed by atoms with Crippen molar-refractivity contribution in [1.82, 2.24) is 24.4 Å². The highest BCUT2D eigenvalue weighted by atomic mass is 35.5. The minimum Gasteiger partial charge on any atom is -0.333 e. The van der Waals surface area contributed by atoms with Crippen molar-refractivity contribution in [1.29, 1.82) is 0 Å². The molecular formula is C17H22ClN5O. The minimum absolute atomic E-state index is 0.0662. The third-order valence-electron chi connectivity index (χ3n) is 4.50. The summed E-state index contributed by atoms with van der Waals surface area (Å²) in [6.45, 7) is 4.49. The van der Waals surface area contributed by atoms with Crippen LogP contribution in [0.2, 0.25) is 0 Å². The lowest BCUT2D eigenvalue weighted by molar-refractivity contribution is -0.140. The van der Waals surface area contributed by atoms with E-state index in [0.29, 0.717) is 5.88 Å². The first kappa shape index (κ1) is 16.9. The number of amides is 1. The van der Waals surface area contributed by atoms with Crippen LogP contribution in [0.4, 0.5) is 0 Å². The van der Waals surface area contributed by atoms with Gasteiger partial charge in [-0.15, -0.1) is 11.6 Å². The van der Waals surface area contributed by atoms with E-state index in [4.69, 9.17) is 11.6 Å². The summed E-state index contributed by atoms with van der Waals surface area (Å²) in [6.07, 6.45) is 8.78. The summed E-state index contributed by atoms with van der Waals surface area (Å²) < 4.78 is 1.91. The molecule has 2 aromatic heterocycles. The number of halogens is 1. The molecule has 7 heteroatoms. The van der Waals surface area contributed by atoms with Crippen LogP contribution in [0.15, 0.2) is 24.8 Å². The molecular weight excluding hydrogens is 326 g/mol. The molecule has 1 saturated heterocycles. The van der Waals surface area contributed by atoms with Gasteiger partial charge in [-0.25, -0.2) is 9.97 Å². The Morgan fingerprint density at radius 1 is 1.29 bits per heavy atom. The monoisotopic (exact) mass is 347 g/mol. The fourth-order valence-corrected chi connectivity index (χ4v) is 3.21. The van der Waals surface area contributed by atoms with Crippen LogP contribution in [0.3, 0.4) is 0 Å². The normalized spacial score (nSPS) is 18.2. The molecule has 0 aromatic carbocycles. The van der Waals surface area contributed by atoms with E-state index in [1.54, 1.807) is 18.6 Å². The SMILES string of the molecule is Cn1ccnc1-c1nccnc1C1CCCN1C(=O)C(C)(C)CCl. The number of rotatable bonds is 4. The van der Waals surface area contributed by atoms with Gasteiger partial charge in [-0.1, -0.05) is 0 Å². The van der Waals surface area contributed by atoms with Gasteiger partial charge in [-0.3, -0.25) is 9.78 Å². The Hall–Kier alpha value is -1.95. The second-order valence-electron chi connectivity index (χ2n) is 6.83. The first-order chi connectivity index (χ1) is 11.5. The molecule has 1 fully saturated rings. The van der Waals surface area contributed by atoms with Gasteiger partial charge in [0.05, 0.1) is 17.2 Å². The van der Waals surface area contributed by atoms with E-state index in [-0.39, 0.29) is 11.9 Å². The number of carbonyl (C=O) groups is 1.